The zero-order valence-corrected chi connectivity index (χ0v) is 17.6. The number of nitrogens with one attached hydrogen (secondary N) is 2. The molecule has 30 heavy (non-hydrogen) atoms. The highest BCUT2D eigenvalue weighted by molar-refractivity contribution is 6.07. The lowest BCUT2D eigenvalue weighted by Crippen LogP contribution is -2.42. The predicted octanol–water partition coefficient (Wildman–Crippen LogP) is 1.91. The summed E-state index contributed by atoms with van der Waals surface area (Å²) in [6.45, 7) is 2.35. The second-order valence-corrected chi connectivity index (χ2v) is 7.45. The number of hydrogen-bond donors (Lipinski definition) is 2. The van der Waals surface area contributed by atoms with Gasteiger partial charge in [0.2, 0.25) is 0 Å². The van der Waals surface area contributed by atoms with Gasteiger partial charge in [0.15, 0.2) is 0 Å². The van der Waals surface area contributed by atoms with Crippen molar-refractivity contribution >= 4 is 17.8 Å². The number of amides is 4. The van der Waals surface area contributed by atoms with Gasteiger partial charge in [0.05, 0.1) is 13.8 Å². The van der Waals surface area contributed by atoms with Crippen LogP contribution in [0.3, 0.4) is 0 Å². The molecule has 0 saturated carbocycles. The molecule has 0 aliphatic carbocycles. The van der Waals surface area contributed by atoms with Crippen LogP contribution in [0.4, 0.5) is 4.79 Å². The van der Waals surface area contributed by atoms with Crippen molar-refractivity contribution in [1.29, 1.82) is 0 Å². The number of rotatable bonds is 7. The second kappa shape index (κ2) is 8.54. The van der Waals surface area contributed by atoms with E-state index in [1.54, 1.807) is 57.5 Å². The van der Waals surface area contributed by atoms with Gasteiger partial charge in [0.1, 0.15) is 11.3 Å². The maximum atomic E-state index is 13.1. The van der Waals surface area contributed by atoms with E-state index in [2.05, 4.69) is 10.6 Å². The third kappa shape index (κ3) is 4.13. The zero-order valence-electron chi connectivity index (χ0n) is 17.6. The van der Waals surface area contributed by atoms with Gasteiger partial charge in [0.25, 0.3) is 11.8 Å². The average molecular weight is 410 g/mol. The molecule has 0 bridgehead atoms. The number of imide groups is 1. The molecule has 0 aromatic heterocycles. The summed E-state index contributed by atoms with van der Waals surface area (Å²) in [4.78, 5) is 40.4. The van der Waals surface area contributed by atoms with E-state index in [1.807, 2.05) is 24.1 Å². The van der Waals surface area contributed by atoms with E-state index in [-0.39, 0.29) is 18.5 Å². The molecule has 2 aromatic rings. The Labute approximate surface area is 175 Å². The van der Waals surface area contributed by atoms with Gasteiger partial charge in [-0.3, -0.25) is 14.5 Å². The smallest absolute Gasteiger partial charge is 0.326 e. The molecule has 1 aliphatic rings. The van der Waals surface area contributed by atoms with Crippen molar-refractivity contribution < 1.29 is 19.1 Å². The van der Waals surface area contributed by atoms with E-state index in [9.17, 15) is 14.4 Å². The third-order valence-electron chi connectivity index (χ3n) is 5.20. The topological polar surface area (TPSA) is 91.0 Å². The quantitative estimate of drug-likeness (QED) is 0.681. The molecular formula is C22H26N4O4. The van der Waals surface area contributed by atoms with Crippen molar-refractivity contribution in [3.8, 4) is 5.75 Å². The van der Waals surface area contributed by atoms with Crippen LogP contribution < -0.4 is 15.4 Å². The lowest BCUT2D eigenvalue weighted by atomic mass is 9.92. The number of methoxy groups -OCH3 is 1. The molecule has 3 rings (SSSR count). The fourth-order valence-corrected chi connectivity index (χ4v) is 3.46. The second-order valence-electron chi connectivity index (χ2n) is 7.45. The minimum absolute atomic E-state index is 0.140. The first-order valence-corrected chi connectivity index (χ1v) is 9.56. The summed E-state index contributed by atoms with van der Waals surface area (Å²) < 4.78 is 5.24. The third-order valence-corrected chi connectivity index (χ3v) is 5.20. The Morgan fingerprint density at radius 3 is 2.53 bits per heavy atom. The van der Waals surface area contributed by atoms with Crippen LogP contribution in [0, 0.1) is 0 Å². The fraction of sp³-hybridized carbons (Fsp3) is 0.318. The predicted molar refractivity (Wildman–Crippen MR) is 112 cm³/mol. The van der Waals surface area contributed by atoms with Crippen LogP contribution in [0.1, 0.15) is 28.4 Å². The Bertz CT molecular complexity index is 960. The molecule has 1 heterocycles. The maximum absolute atomic E-state index is 13.1. The molecule has 0 unspecified atom stereocenters. The minimum Gasteiger partial charge on any atom is -0.497 e. The molecule has 1 saturated heterocycles. The van der Waals surface area contributed by atoms with Gasteiger partial charge < -0.3 is 15.4 Å². The summed E-state index contributed by atoms with van der Waals surface area (Å²) in [5.41, 5.74) is 1.05. The molecular weight excluding hydrogens is 384 g/mol. The average Bonchev–Trinajstić information content (AvgIpc) is 2.97. The minimum atomic E-state index is -1.15. The normalized spacial score (nSPS) is 18.5. The number of hydrogen-bond acceptors (Lipinski definition) is 5. The highest BCUT2D eigenvalue weighted by Crippen LogP contribution is 2.31. The Hall–Kier alpha value is -3.39. The first-order chi connectivity index (χ1) is 14.3. The van der Waals surface area contributed by atoms with Crippen molar-refractivity contribution in [3.63, 3.8) is 0 Å². The number of urea groups is 1. The molecule has 1 atom stereocenters. The van der Waals surface area contributed by atoms with Crippen molar-refractivity contribution in [2.24, 2.45) is 0 Å². The van der Waals surface area contributed by atoms with E-state index < -0.39 is 11.6 Å². The van der Waals surface area contributed by atoms with Crippen molar-refractivity contribution in [3.05, 3.63) is 65.2 Å². The van der Waals surface area contributed by atoms with Gasteiger partial charge in [-0.2, -0.15) is 0 Å². The number of ether oxygens (including phenoxy) is 1. The number of carbonyl (C=O) groups is 3. The van der Waals surface area contributed by atoms with Crippen LogP contribution in [0.2, 0.25) is 0 Å². The molecule has 0 radical (unpaired) electrons. The van der Waals surface area contributed by atoms with Gasteiger partial charge in [-0.15, -0.1) is 0 Å². The molecule has 0 spiro atoms. The zero-order chi connectivity index (χ0) is 21.9. The molecule has 2 aromatic carbocycles. The fourth-order valence-electron chi connectivity index (χ4n) is 3.46. The van der Waals surface area contributed by atoms with Gasteiger partial charge in [-0.05, 0) is 49.4 Å². The number of benzene rings is 2. The lowest BCUT2D eigenvalue weighted by molar-refractivity contribution is -0.132. The summed E-state index contributed by atoms with van der Waals surface area (Å²) >= 11 is 0. The Kier molecular flexibility index (Phi) is 6.07. The molecule has 4 amide bonds. The van der Waals surface area contributed by atoms with Crippen molar-refractivity contribution in [1.82, 2.24) is 20.4 Å². The van der Waals surface area contributed by atoms with Crippen LogP contribution in [0.25, 0.3) is 0 Å². The van der Waals surface area contributed by atoms with E-state index in [0.717, 1.165) is 5.56 Å². The van der Waals surface area contributed by atoms with Crippen LogP contribution >= 0.6 is 0 Å². The summed E-state index contributed by atoms with van der Waals surface area (Å²) in [6.07, 6.45) is 0. The number of nitrogens with zero attached hydrogens (tertiary/aromatic N) is 2. The van der Waals surface area contributed by atoms with Crippen LogP contribution in [-0.2, 0) is 16.9 Å². The van der Waals surface area contributed by atoms with Gasteiger partial charge >= 0.3 is 6.03 Å². The summed E-state index contributed by atoms with van der Waals surface area (Å²) in [5, 5.41) is 5.39. The van der Waals surface area contributed by atoms with Crippen molar-refractivity contribution in [2.75, 3.05) is 27.9 Å². The molecule has 8 nitrogen and oxygen atoms in total. The maximum Gasteiger partial charge on any atom is 0.326 e. The first kappa shape index (κ1) is 21.3. The Morgan fingerprint density at radius 1 is 1.20 bits per heavy atom. The molecule has 158 valence electrons. The van der Waals surface area contributed by atoms with E-state index in [1.165, 1.54) is 4.90 Å². The van der Waals surface area contributed by atoms with E-state index >= 15 is 0 Å². The largest absolute Gasteiger partial charge is 0.497 e. The van der Waals surface area contributed by atoms with Gasteiger partial charge in [-0.1, -0.05) is 24.3 Å². The lowest BCUT2D eigenvalue weighted by Gasteiger charge is -2.25. The summed E-state index contributed by atoms with van der Waals surface area (Å²) in [5.74, 6) is 0.153. The standard InChI is InChI=1S/C22H26N4O4/c1-22(17-6-5-7-18(12-17)30-4)20(28)26(21(29)24-22)14-25(3)13-15-8-10-16(11-9-15)19(27)23-2/h5-12H,13-14H2,1-4H3,(H,23,27)(H,24,29)/t22-/m1/s1. The first-order valence-electron chi connectivity index (χ1n) is 9.56. The van der Waals surface area contributed by atoms with E-state index in [4.69, 9.17) is 4.74 Å². The molecule has 2 N–H and O–H groups in total. The monoisotopic (exact) mass is 410 g/mol. The van der Waals surface area contributed by atoms with Crippen molar-refractivity contribution in [2.45, 2.75) is 19.0 Å². The van der Waals surface area contributed by atoms with Crippen LogP contribution in [-0.4, -0.2) is 55.5 Å². The van der Waals surface area contributed by atoms with E-state index in [0.29, 0.717) is 23.4 Å². The highest BCUT2D eigenvalue weighted by Gasteiger charge is 2.49. The number of carbonyl (C=O) groups excluding carboxylic acids is 3. The van der Waals surface area contributed by atoms with Crippen LogP contribution in [0.5, 0.6) is 5.75 Å². The summed E-state index contributed by atoms with van der Waals surface area (Å²) in [6, 6.07) is 13.9. The Morgan fingerprint density at radius 2 is 1.90 bits per heavy atom. The van der Waals surface area contributed by atoms with Gasteiger partial charge in [-0.25, -0.2) is 9.69 Å². The molecule has 1 aliphatic heterocycles. The molecule has 1 fully saturated rings. The SMILES string of the molecule is CNC(=O)c1ccc(CN(C)CN2C(=O)N[C@](C)(c3cccc(OC)c3)C2=O)cc1. The molecule has 8 heteroatoms. The Balaban J connectivity index is 1.69. The summed E-state index contributed by atoms with van der Waals surface area (Å²) in [7, 11) is 4.97. The van der Waals surface area contributed by atoms with Crippen LogP contribution in [0.15, 0.2) is 48.5 Å². The van der Waals surface area contributed by atoms with Gasteiger partial charge in [0, 0.05) is 19.2 Å². The highest BCUT2D eigenvalue weighted by atomic mass is 16.5.